The van der Waals surface area contributed by atoms with Crippen LogP contribution in [0.15, 0.2) is 41.3 Å². The van der Waals surface area contributed by atoms with Crippen LogP contribution < -0.4 is 15.8 Å². The number of nitrogens with two attached hydrogens (primary N) is 1. The van der Waals surface area contributed by atoms with Gasteiger partial charge in [-0.25, -0.2) is 0 Å². The second kappa shape index (κ2) is 7.02. The molecule has 0 aromatic heterocycles. The number of rotatable bonds is 5. The van der Waals surface area contributed by atoms with Crippen molar-refractivity contribution in [1.29, 1.82) is 0 Å². The topological polar surface area (TPSA) is 47.3 Å². The fourth-order valence-corrected chi connectivity index (χ4v) is 3.14. The molecule has 0 heterocycles. The zero-order chi connectivity index (χ0) is 15.4. The number of ether oxygens (including phenoxy) is 1. The summed E-state index contributed by atoms with van der Waals surface area (Å²) in [5, 5.41) is 3.84. The minimum atomic E-state index is 0.363. The molecule has 0 fully saturated rings. The highest BCUT2D eigenvalue weighted by Gasteiger charge is 2.11. The molecule has 2 aromatic rings. The van der Waals surface area contributed by atoms with E-state index in [1.165, 1.54) is 0 Å². The highest BCUT2D eigenvalue weighted by molar-refractivity contribution is 7.98. The van der Waals surface area contributed by atoms with Crippen molar-refractivity contribution in [1.82, 2.24) is 0 Å². The number of thiocarbonyl (C=S) groups is 1. The Morgan fingerprint density at radius 3 is 2.67 bits per heavy atom. The number of hydrogen-bond acceptors (Lipinski definition) is 4. The van der Waals surface area contributed by atoms with Gasteiger partial charge in [0.1, 0.15) is 10.7 Å². The average Bonchev–Trinajstić information content (AvgIpc) is 2.46. The molecule has 0 saturated heterocycles. The SMILES string of the molecule is COc1ccc(Nc2cccc(SC)c2C(N)=S)cc1Cl. The summed E-state index contributed by atoms with van der Waals surface area (Å²) in [7, 11) is 1.58. The Hall–Kier alpha value is -1.43. The number of thioether (sulfide) groups is 1. The first kappa shape index (κ1) is 15.9. The first-order chi connectivity index (χ1) is 10.1. The van der Waals surface area contributed by atoms with Crippen LogP contribution in [-0.4, -0.2) is 18.4 Å². The average molecular weight is 339 g/mol. The molecule has 3 nitrogen and oxygen atoms in total. The fraction of sp³-hybridized carbons (Fsp3) is 0.133. The maximum atomic E-state index is 6.14. The lowest BCUT2D eigenvalue weighted by Crippen LogP contribution is -2.13. The molecule has 0 saturated carbocycles. The summed E-state index contributed by atoms with van der Waals surface area (Å²) in [4.78, 5) is 1.40. The first-order valence-corrected chi connectivity index (χ1v) is 8.15. The molecule has 0 radical (unpaired) electrons. The van der Waals surface area contributed by atoms with Crippen molar-refractivity contribution in [3.63, 3.8) is 0 Å². The predicted octanol–water partition coefficient (Wildman–Crippen LogP) is 4.45. The molecule has 0 unspecified atom stereocenters. The van der Waals surface area contributed by atoms with Crippen molar-refractivity contribution >= 4 is 51.9 Å². The molecule has 0 atom stereocenters. The van der Waals surface area contributed by atoms with E-state index in [4.69, 9.17) is 34.3 Å². The molecule has 21 heavy (non-hydrogen) atoms. The number of hydrogen-bond donors (Lipinski definition) is 2. The van der Waals surface area contributed by atoms with Gasteiger partial charge in [-0.3, -0.25) is 0 Å². The van der Waals surface area contributed by atoms with E-state index in [0.717, 1.165) is 21.8 Å². The number of methoxy groups -OCH3 is 1. The van der Waals surface area contributed by atoms with Crippen LogP contribution in [0.25, 0.3) is 0 Å². The van der Waals surface area contributed by atoms with Gasteiger partial charge in [-0.05, 0) is 36.6 Å². The summed E-state index contributed by atoms with van der Waals surface area (Å²) in [5.41, 5.74) is 8.39. The van der Waals surface area contributed by atoms with Gasteiger partial charge in [0.05, 0.1) is 12.1 Å². The van der Waals surface area contributed by atoms with E-state index in [2.05, 4.69) is 5.32 Å². The van der Waals surface area contributed by atoms with Gasteiger partial charge in [0, 0.05) is 21.8 Å². The van der Waals surface area contributed by atoms with Crippen molar-refractivity contribution in [2.45, 2.75) is 4.90 Å². The van der Waals surface area contributed by atoms with E-state index in [1.807, 2.05) is 36.6 Å². The molecule has 6 heteroatoms. The van der Waals surface area contributed by atoms with Gasteiger partial charge < -0.3 is 15.8 Å². The molecule has 2 aromatic carbocycles. The fourth-order valence-electron chi connectivity index (χ4n) is 1.96. The second-order valence-electron chi connectivity index (χ2n) is 4.22. The van der Waals surface area contributed by atoms with E-state index in [0.29, 0.717) is 15.8 Å². The van der Waals surface area contributed by atoms with E-state index in [1.54, 1.807) is 24.9 Å². The number of anilines is 2. The normalized spacial score (nSPS) is 10.2. The Morgan fingerprint density at radius 1 is 1.33 bits per heavy atom. The molecule has 3 N–H and O–H groups in total. The Kier molecular flexibility index (Phi) is 5.33. The molecular formula is C15H15ClN2OS2. The third-order valence-electron chi connectivity index (χ3n) is 2.92. The van der Waals surface area contributed by atoms with Crippen molar-refractivity contribution in [3.05, 3.63) is 47.0 Å². The Balaban J connectivity index is 2.40. The second-order valence-corrected chi connectivity index (χ2v) is 5.92. The van der Waals surface area contributed by atoms with Crippen molar-refractivity contribution in [2.75, 3.05) is 18.7 Å². The molecule has 0 spiro atoms. The molecular weight excluding hydrogens is 324 g/mol. The van der Waals surface area contributed by atoms with Crippen molar-refractivity contribution in [2.24, 2.45) is 5.73 Å². The minimum Gasteiger partial charge on any atom is -0.495 e. The van der Waals surface area contributed by atoms with E-state index < -0.39 is 0 Å². The highest BCUT2D eigenvalue weighted by atomic mass is 35.5. The lowest BCUT2D eigenvalue weighted by Gasteiger charge is -2.15. The monoisotopic (exact) mass is 338 g/mol. The van der Waals surface area contributed by atoms with Crippen LogP contribution in [0.3, 0.4) is 0 Å². The summed E-state index contributed by atoms with van der Waals surface area (Å²) >= 11 is 12.9. The number of halogens is 1. The van der Waals surface area contributed by atoms with Gasteiger partial charge in [0.2, 0.25) is 0 Å². The standard InChI is InChI=1S/C15H15ClN2OS2/c1-19-12-7-6-9(8-10(12)16)18-11-4-3-5-13(21-2)14(11)15(17)20/h3-8,18H,1-2H3,(H2,17,20). The lowest BCUT2D eigenvalue weighted by atomic mass is 10.1. The van der Waals surface area contributed by atoms with Crippen LogP contribution in [0.4, 0.5) is 11.4 Å². The summed E-state index contributed by atoms with van der Waals surface area (Å²) in [6, 6.07) is 11.4. The molecule has 0 aliphatic rings. The van der Waals surface area contributed by atoms with Crippen LogP contribution in [0, 0.1) is 0 Å². The Morgan fingerprint density at radius 2 is 2.10 bits per heavy atom. The number of benzene rings is 2. The number of nitrogens with one attached hydrogen (secondary N) is 1. The van der Waals surface area contributed by atoms with Gasteiger partial charge in [-0.1, -0.05) is 29.9 Å². The first-order valence-electron chi connectivity index (χ1n) is 6.14. The van der Waals surface area contributed by atoms with Gasteiger partial charge in [0.15, 0.2) is 0 Å². The highest BCUT2D eigenvalue weighted by Crippen LogP contribution is 2.32. The Bertz CT molecular complexity index is 677. The molecule has 2 rings (SSSR count). The summed E-state index contributed by atoms with van der Waals surface area (Å²) in [5.74, 6) is 0.634. The minimum absolute atomic E-state index is 0.363. The molecule has 0 aliphatic carbocycles. The molecule has 0 aliphatic heterocycles. The van der Waals surface area contributed by atoms with Crippen LogP contribution in [-0.2, 0) is 0 Å². The van der Waals surface area contributed by atoms with Crippen LogP contribution in [0.1, 0.15) is 5.56 Å². The maximum absolute atomic E-state index is 6.14. The van der Waals surface area contributed by atoms with Crippen LogP contribution in [0.5, 0.6) is 5.75 Å². The largest absolute Gasteiger partial charge is 0.495 e. The maximum Gasteiger partial charge on any atom is 0.137 e. The van der Waals surface area contributed by atoms with Crippen molar-refractivity contribution < 1.29 is 4.74 Å². The van der Waals surface area contributed by atoms with E-state index >= 15 is 0 Å². The molecule has 110 valence electrons. The quantitative estimate of drug-likeness (QED) is 0.623. The molecule has 0 bridgehead atoms. The summed E-state index contributed by atoms with van der Waals surface area (Å²) < 4.78 is 5.14. The third kappa shape index (κ3) is 3.61. The smallest absolute Gasteiger partial charge is 0.137 e. The molecule has 0 amide bonds. The lowest BCUT2D eigenvalue weighted by molar-refractivity contribution is 0.415. The van der Waals surface area contributed by atoms with Crippen molar-refractivity contribution in [3.8, 4) is 5.75 Å². The van der Waals surface area contributed by atoms with Gasteiger partial charge in [-0.15, -0.1) is 11.8 Å². The Labute approximate surface area is 138 Å². The van der Waals surface area contributed by atoms with Gasteiger partial charge in [0.25, 0.3) is 0 Å². The zero-order valence-corrected chi connectivity index (χ0v) is 14.0. The van der Waals surface area contributed by atoms with E-state index in [9.17, 15) is 0 Å². The van der Waals surface area contributed by atoms with Gasteiger partial charge >= 0.3 is 0 Å². The van der Waals surface area contributed by atoms with Gasteiger partial charge in [-0.2, -0.15) is 0 Å². The van der Waals surface area contributed by atoms with E-state index in [-0.39, 0.29) is 0 Å². The van der Waals surface area contributed by atoms with Crippen LogP contribution in [0.2, 0.25) is 5.02 Å². The zero-order valence-electron chi connectivity index (χ0n) is 11.6. The summed E-state index contributed by atoms with van der Waals surface area (Å²) in [6.45, 7) is 0. The van der Waals surface area contributed by atoms with Crippen LogP contribution >= 0.6 is 35.6 Å². The predicted molar refractivity (Wildman–Crippen MR) is 95.4 cm³/mol. The summed E-state index contributed by atoms with van der Waals surface area (Å²) in [6.07, 6.45) is 1.99. The third-order valence-corrected chi connectivity index (χ3v) is 4.20.